The molecular weight excluding hydrogens is 232 g/mol. The van der Waals surface area contributed by atoms with Gasteiger partial charge in [-0.15, -0.1) is 0 Å². The average molecular weight is 248 g/mol. The second kappa shape index (κ2) is 5.03. The Balaban J connectivity index is 2.13. The number of aromatic nitrogens is 1. The molecule has 0 unspecified atom stereocenters. The van der Waals surface area contributed by atoms with Gasteiger partial charge in [0.05, 0.1) is 13.7 Å². The molecule has 1 aliphatic heterocycles. The topological polar surface area (TPSA) is 80.8 Å². The first kappa shape index (κ1) is 12.3. The summed E-state index contributed by atoms with van der Waals surface area (Å²) in [5, 5.41) is 5.52. The van der Waals surface area contributed by atoms with Crippen molar-refractivity contribution in [1.29, 1.82) is 0 Å². The minimum absolute atomic E-state index is 0.118. The summed E-state index contributed by atoms with van der Waals surface area (Å²) in [5.74, 6) is 0.700. The lowest BCUT2D eigenvalue weighted by atomic mass is 9.96. The summed E-state index contributed by atoms with van der Waals surface area (Å²) in [7, 11) is 1.58. The van der Waals surface area contributed by atoms with Crippen LogP contribution in [0.3, 0.4) is 0 Å². The molecule has 18 heavy (non-hydrogen) atoms. The number of urea groups is 1. The summed E-state index contributed by atoms with van der Waals surface area (Å²) in [6.07, 6.45) is 2.51. The smallest absolute Gasteiger partial charge is 0.335 e. The maximum atomic E-state index is 11.0. The van der Waals surface area contributed by atoms with Crippen LogP contribution in [0.15, 0.2) is 23.4 Å². The zero-order chi connectivity index (χ0) is 13.1. The first-order valence-electron chi connectivity index (χ1n) is 5.76. The summed E-state index contributed by atoms with van der Waals surface area (Å²) < 4.78 is 5.01. The second-order valence-electron chi connectivity index (χ2n) is 4.16. The minimum Gasteiger partial charge on any atom is -0.481 e. The van der Waals surface area contributed by atoms with Gasteiger partial charge in [0.2, 0.25) is 5.88 Å². The number of nitrogens with two attached hydrogens (primary N) is 1. The zero-order valence-corrected chi connectivity index (χ0v) is 10.5. The monoisotopic (exact) mass is 248 g/mol. The Kier molecular flexibility index (Phi) is 3.45. The Morgan fingerprint density at radius 1 is 1.56 bits per heavy atom. The molecule has 6 heteroatoms. The van der Waals surface area contributed by atoms with E-state index in [1.54, 1.807) is 13.3 Å². The SMILES string of the molecule is COc1ccc([C@@H](C)C2=NN(C(N)=O)CC2)cn1. The molecule has 1 aliphatic rings. The molecular formula is C12H16N4O2. The van der Waals surface area contributed by atoms with E-state index < -0.39 is 6.03 Å². The van der Waals surface area contributed by atoms with Crippen molar-refractivity contribution in [3.63, 3.8) is 0 Å². The molecule has 0 aliphatic carbocycles. The van der Waals surface area contributed by atoms with Crippen molar-refractivity contribution in [3.8, 4) is 5.88 Å². The van der Waals surface area contributed by atoms with Gasteiger partial charge in [-0.2, -0.15) is 5.10 Å². The number of carbonyl (C=O) groups is 1. The van der Waals surface area contributed by atoms with Gasteiger partial charge in [0.15, 0.2) is 0 Å². The zero-order valence-electron chi connectivity index (χ0n) is 10.5. The number of primary amides is 1. The van der Waals surface area contributed by atoms with Gasteiger partial charge in [0.25, 0.3) is 0 Å². The quantitative estimate of drug-likeness (QED) is 0.876. The summed E-state index contributed by atoms with van der Waals surface area (Å²) in [5.41, 5.74) is 7.18. The number of rotatable bonds is 3. The van der Waals surface area contributed by atoms with Gasteiger partial charge in [0.1, 0.15) is 0 Å². The highest BCUT2D eigenvalue weighted by molar-refractivity contribution is 5.93. The van der Waals surface area contributed by atoms with Crippen molar-refractivity contribution in [2.75, 3.05) is 13.7 Å². The van der Waals surface area contributed by atoms with Crippen molar-refractivity contribution in [2.45, 2.75) is 19.3 Å². The number of pyridine rings is 1. The van der Waals surface area contributed by atoms with Crippen molar-refractivity contribution < 1.29 is 9.53 Å². The molecule has 0 fully saturated rings. The fraction of sp³-hybridized carbons (Fsp3) is 0.417. The predicted molar refractivity (Wildman–Crippen MR) is 67.5 cm³/mol. The van der Waals surface area contributed by atoms with Gasteiger partial charge in [-0.25, -0.2) is 14.8 Å². The Morgan fingerprint density at radius 2 is 2.33 bits per heavy atom. The van der Waals surface area contributed by atoms with E-state index in [1.807, 2.05) is 19.1 Å². The van der Waals surface area contributed by atoms with E-state index in [0.717, 1.165) is 17.7 Å². The number of hydrogen-bond acceptors (Lipinski definition) is 4. The normalized spacial score (nSPS) is 16.3. The number of ether oxygens (including phenoxy) is 1. The lowest BCUT2D eigenvalue weighted by Crippen LogP contribution is -2.29. The first-order chi connectivity index (χ1) is 8.61. The lowest BCUT2D eigenvalue weighted by Gasteiger charge is -2.11. The fourth-order valence-electron chi connectivity index (χ4n) is 1.90. The van der Waals surface area contributed by atoms with Gasteiger partial charge >= 0.3 is 6.03 Å². The molecule has 0 bridgehead atoms. The summed E-state index contributed by atoms with van der Waals surface area (Å²) in [6.45, 7) is 2.59. The molecule has 6 nitrogen and oxygen atoms in total. The summed E-state index contributed by atoms with van der Waals surface area (Å²) in [6, 6.07) is 3.25. The molecule has 96 valence electrons. The van der Waals surface area contributed by atoms with Crippen LogP contribution < -0.4 is 10.5 Å². The molecule has 1 aromatic heterocycles. The van der Waals surface area contributed by atoms with E-state index in [0.29, 0.717) is 12.4 Å². The van der Waals surface area contributed by atoms with Crippen LogP contribution in [0.2, 0.25) is 0 Å². The summed E-state index contributed by atoms with van der Waals surface area (Å²) >= 11 is 0. The first-order valence-corrected chi connectivity index (χ1v) is 5.76. The third-order valence-corrected chi connectivity index (χ3v) is 3.05. The third kappa shape index (κ3) is 2.42. The number of hydrogen-bond donors (Lipinski definition) is 1. The molecule has 2 amide bonds. The fourth-order valence-corrected chi connectivity index (χ4v) is 1.90. The van der Waals surface area contributed by atoms with Gasteiger partial charge in [-0.1, -0.05) is 13.0 Å². The van der Waals surface area contributed by atoms with E-state index in [-0.39, 0.29) is 5.92 Å². The van der Waals surface area contributed by atoms with E-state index in [2.05, 4.69) is 10.1 Å². The summed E-state index contributed by atoms with van der Waals surface area (Å²) in [4.78, 5) is 15.2. The van der Waals surface area contributed by atoms with Crippen molar-refractivity contribution in [1.82, 2.24) is 9.99 Å². The standard InChI is InChI=1S/C12H16N4O2/c1-8(9-3-4-11(18-2)14-7-9)10-5-6-16(15-10)12(13)17/h3-4,7-8H,5-6H2,1-2H3,(H2,13,17)/t8-/m1/s1. The molecule has 2 rings (SSSR count). The highest BCUT2D eigenvalue weighted by atomic mass is 16.5. The van der Waals surface area contributed by atoms with E-state index >= 15 is 0 Å². The minimum atomic E-state index is -0.509. The second-order valence-corrected chi connectivity index (χ2v) is 4.16. The number of hydrazone groups is 1. The number of carbonyl (C=O) groups excluding carboxylic acids is 1. The average Bonchev–Trinajstić information content (AvgIpc) is 2.88. The number of amides is 2. The maximum absolute atomic E-state index is 11.0. The molecule has 2 N–H and O–H groups in total. The number of nitrogens with zero attached hydrogens (tertiary/aromatic N) is 3. The Hall–Kier alpha value is -2.11. The van der Waals surface area contributed by atoms with E-state index in [4.69, 9.17) is 10.5 Å². The van der Waals surface area contributed by atoms with Crippen LogP contribution in [0.25, 0.3) is 0 Å². The molecule has 0 saturated heterocycles. The van der Waals surface area contributed by atoms with Gasteiger partial charge in [0, 0.05) is 30.3 Å². The van der Waals surface area contributed by atoms with Crippen molar-refractivity contribution in [3.05, 3.63) is 23.9 Å². The third-order valence-electron chi connectivity index (χ3n) is 3.05. The number of methoxy groups -OCH3 is 1. The van der Waals surface area contributed by atoms with Crippen LogP contribution >= 0.6 is 0 Å². The largest absolute Gasteiger partial charge is 0.481 e. The van der Waals surface area contributed by atoms with Crippen LogP contribution in [-0.4, -0.2) is 35.4 Å². The van der Waals surface area contributed by atoms with Gasteiger partial charge < -0.3 is 10.5 Å². The molecule has 0 aromatic carbocycles. The highest BCUT2D eigenvalue weighted by Crippen LogP contribution is 2.23. The van der Waals surface area contributed by atoms with Crippen LogP contribution in [-0.2, 0) is 0 Å². The van der Waals surface area contributed by atoms with Crippen LogP contribution in [0.5, 0.6) is 5.88 Å². The Morgan fingerprint density at radius 3 is 2.83 bits per heavy atom. The highest BCUT2D eigenvalue weighted by Gasteiger charge is 2.23. The lowest BCUT2D eigenvalue weighted by molar-refractivity contribution is 0.215. The van der Waals surface area contributed by atoms with E-state index in [1.165, 1.54) is 5.01 Å². The molecule has 1 atom stereocenters. The molecule has 0 spiro atoms. The molecule has 0 radical (unpaired) electrons. The Labute approximate surface area is 105 Å². The maximum Gasteiger partial charge on any atom is 0.335 e. The molecule has 0 saturated carbocycles. The molecule has 2 heterocycles. The van der Waals surface area contributed by atoms with Crippen LogP contribution in [0.4, 0.5) is 4.79 Å². The predicted octanol–water partition coefficient (Wildman–Crippen LogP) is 1.33. The van der Waals surface area contributed by atoms with Crippen molar-refractivity contribution >= 4 is 11.7 Å². The van der Waals surface area contributed by atoms with Crippen molar-refractivity contribution in [2.24, 2.45) is 10.8 Å². The van der Waals surface area contributed by atoms with Gasteiger partial charge in [-0.3, -0.25) is 0 Å². The van der Waals surface area contributed by atoms with E-state index in [9.17, 15) is 4.79 Å². The Bertz CT molecular complexity index is 469. The molecule has 1 aromatic rings. The van der Waals surface area contributed by atoms with Crippen LogP contribution in [0.1, 0.15) is 24.8 Å². The van der Waals surface area contributed by atoms with Gasteiger partial charge in [-0.05, 0) is 5.56 Å². The van der Waals surface area contributed by atoms with Crippen LogP contribution in [0, 0.1) is 0 Å².